The predicted octanol–water partition coefficient (Wildman–Crippen LogP) is 1.16. The normalized spacial score (nSPS) is 27.8. The molecule has 2 heterocycles. The minimum absolute atomic E-state index is 0.00498. The van der Waals surface area contributed by atoms with Crippen molar-refractivity contribution in [2.24, 2.45) is 0 Å². The number of rotatable bonds is 2. The first-order valence-electron chi connectivity index (χ1n) is 7.11. The van der Waals surface area contributed by atoms with Crippen molar-refractivity contribution >= 4 is 17.7 Å². The topological polar surface area (TPSA) is 35.6 Å². The van der Waals surface area contributed by atoms with Gasteiger partial charge in [0.05, 0.1) is 12.1 Å². The summed E-state index contributed by atoms with van der Waals surface area (Å²) in [6, 6.07) is 10.6. The average molecular weight is 291 g/mol. The number of benzene rings is 1. The Morgan fingerprint density at radius 3 is 2.80 bits per heavy atom. The fourth-order valence-electron chi connectivity index (χ4n) is 2.90. The van der Waals surface area contributed by atoms with Gasteiger partial charge < -0.3 is 9.80 Å². The lowest BCUT2D eigenvalue weighted by Crippen LogP contribution is -2.54. The van der Waals surface area contributed by atoms with Gasteiger partial charge in [0.2, 0.25) is 5.91 Å². The third-order valence-corrected chi connectivity index (χ3v) is 5.01. The fraction of sp³-hybridized carbons (Fsp3) is 0.533. The highest BCUT2D eigenvalue weighted by Gasteiger charge is 2.34. The summed E-state index contributed by atoms with van der Waals surface area (Å²) in [4.78, 5) is 17.1. The summed E-state index contributed by atoms with van der Waals surface area (Å²) in [5.41, 5.74) is 1.23. The Labute approximate surface area is 124 Å². The van der Waals surface area contributed by atoms with Gasteiger partial charge >= 0.3 is 0 Å². The number of hydrogen-bond acceptors (Lipinski definition) is 4. The summed E-state index contributed by atoms with van der Waals surface area (Å²) in [7, 11) is 2.13. The van der Waals surface area contributed by atoms with E-state index >= 15 is 0 Å². The highest BCUT2D eigenvalue weighted by atomic mass is 32.2. The second-order valence-electron chi connectivity index (χ2n) is 5.49. The third-order valence-electron chi connectivity index (χ3n) is 4.07. The quantitative estimate of drug-likeness (QED) is 0.887. The van der Waals surface area contributed by atoms with Gasteiger partial charge in [-0.3, -0.25) is 10.1 Å². The number of carbonyl (C=O) groups excluding carboxylic acids is 1. The van der Waals surface area contributed by atoms with Crippen molar-refractivity contribution in [2.45, 2.75) is 12.1 Å². The van der Waals surface area contributed by atoms with E-state index in [0.717, 1.165) is 31.3 Å². The molecule has 0 saturated carbocycles. The van der Waals surface area contributed by atoms with Crippen LogP contribution in [0.5, 0.6) is 0 Å². The third kappa shape index (κ3) is 2.85. The molecule has 3 rings (SSSR count). The number of carbonyl (C=O) groups is 1. The van der Waals surface area contributed by atoms with Crippen molar-refractivity contribution in [1.29, 1.82) is 0 Å². The van der Waals surface area contributed by atoms with Gasteiger partial charge in [-0.1, -0.05) is 30.3 Å². The van der Waals surface area contributed by atoms with Crippen LogP contribution in [0.1, 0.15) is 11.6 Å². The molecule has 4 nitrogen and oxygen atoms in total. The van der Waals surface area contributed by atoms with E-state index in [0.29, 0.717) is 0 Å². The monoisotopic (exact) mass is 291 g/mol. The van der Waals surface area contributed by atoms with Crippen LogP contribution in [0.3, 0.4) is 0 Å². The van der Waals surface area contributed by atoms with Gasteiger partial charge in [-0.2, -0.15) is 0 Å². The Morgan fingerprint density at radius 1 is 1.30 bits per heavy atom. The lowest BCUT2D eigenvalue weighted by Gasteiger charge is -2.41. The smallest absolute Gasteiger partial charge is 0.241 e. The zero-order valence-corrected chi connectivity index (χ0v) is 12.6. The maximum atomic E-state index is 12.7. The maximum absolute atomic E-state index is 12.7. The van der Waals surface area contributed by atoms with Gasteiger partial charge in [0.15, 0.2) is 0 Å². The van der Waals surface area contributed by atoms with Gasteiger partial charge in [-0.05, 0) is 12.6 Å². The number of thioether (sulfide) groups is 1. The first kappa shape index (κ1) is 13.9. The standard InChI is InChI=1S/C15H21N3OS/c1-17-7-8-18(15(19)13-10-20-11-16-13)14(9-17)12-5-3-2-4-6-12/h2-6,13-14,16H,7-11H2,1H3. The van der Waals surface area contributed by atoms with Crippen molar-refractivity contribution in [2.75, 3.05) is 38.3 Å². The summed E-state index contributed by atoms with van der Waals surface area (Å²) >= 11 is 1.80. The number of nitrogens with zero attached hydrogens (tertiary/aromatic N) is 2. The maximum Gasteiger partial charge on any atom is 0.241 e. The summed E-state index contributed by atoms with van der Waals surface area (Å²) < 4.78 is 0. The number of likely N-dealkylation sites (N-methyl/N-ethyl adjacent to an activating group) is 1. The Bertz CT molecular complexity index is 461. The van der Waals surface area contributed by atoms with Crippen molar-refractivity contribution in [3.05, 3.63) is 35.9 Å². The molecule has 0 aromatic heterocycles. The molecular formula is C15H21N3OS. The molecule has 1 N–H and O–H groups in total. The number of nitrogens with one attached hydrogen (secondary N) is 1. The lowest BCUT2D eigenvalue weighted by atomic mass is 10.0. The van der Waals surface area contributed by atoms with Gasteiger partial charge in [0, 0.05) is 31.3 Å². The molecular weight excluding hydrogens is 270 g/mol. The van der Waals surface area contributed by atoms with Crippen LogP contribution in [0.2, 0.25) is 0 Å². The second kappa shape index (κ2) is 6.16. The fourth-order valence-corrected chi connectivity index (χ4v) is 3.83. The van der Waals surface area contributed by atoms with E-state index in [9.17, 15) is 4.79 Å². The van der Waals surface area contributed by atoms with Gasteiger partial charge in [0.1, 0.15) is 0 Å². The SMILES string of the molecule is CN1CCN(C(=O)C2CSCN2)C(c2ccccc2)C1. The average Bonchev–Trinajstić information content (AvgIpc) is 3.02. The first-order valence-corrected chi connectivity index (χ1v) is 8.26. The minimum atomic E-state index is -0.00498. The predicted molar refractivity (Wildman–Crippen MR) is 82.6 cm³/mol. The summed E-state index contributed by atoms with van der Waals surface area (Å²) in [5.74, 6) is 2.05. The zero-order chi connectivity index (χ0) is 13.9. The Morgan fingerprint density at radius 2 is 2.10 bits per heavy atom. The molecule has 2 aliphatic rings. The minimum Gasteiger partial charge on any atom is -0.332 e. The largest absolute Gasteiger partial charge is 0.332 e. The molecule has 0 aliphatic carbocycles. The molecule has 2 atom stereocenters. The van der Waals surface area contributed by atoms with Crippen LogP contribution in [-0.4, -0.2) is 60.1 Å². The van der Waals surface area contributed by atoms with E-state index in [1.807, 2.05) is 6.07 Å². The number of hydrogen-bond donors (Lipinski definition) is 1. The van der Waals surface area contributed by atoms with E-state index in [1.165, 1.54) is 5.56 Å². The van der Waals surface area contributed by atoms with E-state index in [2.05, 4.69) is 46.4 Å². The van der Waals surface area contributed by atoms with Crippen LogP contribution in [0.4, 0.5) is 0 Å². The van der Waals surface area contributed by atoms with Gasteiger partial charge in [0.25, 0.3) is 0 Å². The lowest BCUT2D eigenvalue weighted by molar-refractivity contribution is -0.137. The molecule has 2 fully saturated rings. The molecule has 0 bridgehead atoms. The van der Waals surface area contributed by atoms with Crippen LogP contribution < -0.4 is 5.32 Å². The second-order valence-corrected chi connectivity index (χ2v) is 6.52. The number of piperazine rings is 1. The van der Waals surface area contributed by atoms with Crippen molar-refractivity contribution in [3.8, 4) is 0 Å². The molecule has 2 unspecified atom stereocenters. The molecule has 2 aliphatic heterocycles. The molecule has 2 saturated heterocycles. The highest BCUT2D eigenvalue weighted by Crippen LogP contribution is 2.26. The summed E-state index contributed by atoms with van der Waals surface area (Å²) in [5, 5.41) is 3.30. The zero-order valence-electron chi connectivity index (χ0n) is 11.8. The molecule has 1 amide bonds. The molecule has 1 aromatic rings. The molecule has 1 aromatic carbocycles. The van der Waals surface area contributed by atoms with E-state index in [1.54, 1.807) is 11.8 Å². The Kier molecular flexibility index (Phi) is 4.29. The molecule has 5 heteroatoms. The molecule has 108 valence electrons. The molecule has 20 heavy (non-hydrogen) atoms. The number of amides is 1. The van der Waals surface area contributed by atoms with Gasteiger partial charge in [-0.25, -0.2) is 0 Å². The summed E-state index contributed by atoms with van der Waals surface area (Å²) in [6.45, 7) is 2.68. The van der Waals surface area contributed by atoms with Crippen LogP contribution >= 0.6 is 11.8 Å². The van der Waals surface area contributed by atoms with Crippen LogP contribution in [-0.2, 0) is 4.79 Å². The first-order chi connectivity index (χ1) is 9.75. The Balaban J connectivity index is 1.81. The highest BCUT2D eigenvalue weighted by molar-refractivity contribution is 7.99. The van der Waals surface area contributed by atoms with Crippen LogP contribution in [0, 0.1) is 0 Å². The molecule has 0 radical (unpaired) electrons. The van der Waals surface area contributed by atoms with E-state index < -0.39 is 0 Å². The van der Waals surface area contributed by atoms with Crippen LogP contribution in [0.25, 0.3) is 0 Å². The molecule has 0 spiro atoms. The van der Waals surface area contributed by atoms with E-state index in [-0.39, 0.29) is 18.0 Å². The van der Waals surface area contributed by atoms with Crippen molar-refractivity contribution in [3.63, 3.8) is 0 Å². The van der Waals surface area contributed by atoms with E-state index in [4.69, 9.17) is 0 Å². The summed E-state index contributed by atoms with van der Waals surface area (Å²) in [6.07, 6.45) is 0. The van der Waals surface area contributed by atoms with Crippen molar-refractivity contribution < 1.29 is 4.79 Å². The van der Waals surface area contributed by atoms with Crippen LogP contribution in [0.15, 0.2) is 30.3 Å². The van der Waals surface area contributed by atoms with Gasteiger partial charge in [-0.15, -0.1) is 11.8 Å². The Hall–Kier alpha value is -1.04. The van der Waals surface area contributed by atoms with Crippen molar-refractivity contribution in [1.82, 2.24) is 15.1 Å².